The Kier molecular flexibility index (Phi) is 13.9. The lowest BCUT2D eigenvalue weighted by atomic mass is 10.1. The van der Waals surface area contributed by atoms with E-state index in [0.29, 0.717) is 25.7 Å². The van der Waals surface area contributed by atoms with Gasteiger partial charge in [-0.05, 0) is 43.9 Å². The van der Waals surface area contributed by atoms with E-state index in [9.17, 15) is 0 Å². The molecule has 1 atom stereocenters. The van der Waals surface area contributed by atoms with Crippen LogP contribution in [0, 0.1) is 5.92 Å². The van der Waals surface area contributed by atoms with E-state index in [1.807, 2.05) is 20.0 Å². The van der Waals surface area contributed by atoms with Crippen LogP contribution in [0.3, 0.4) is 0 Å². The van der Waals surface area contributed by atoms with Crippen LogP contribution in [0.5, 0.6) is 11.5 Å². The third kappa shape index (κ3) is 8.85. The Bertz CT molecular complexity index is 630. The van der Waals surface area contributed by atoms with Crippen molar-refractivity contribution in [1.29, 1.82) is 0 Å². The molecule has 1 aliphatic rings. The standard InChI is InChI=1S/C22H37N3O4.HI/c1-5-29-21-15-18(8-9-20(21)27-4)7-6-11-24-22(23-2)25-12-10-19(16-25)17-28-14-13-26-3;/h8-9,15,19H,5-7,10-14,16-17H2,1-4H3,(H,23,24);1H. The van der Waals surface area contributed by atoms with Gasteiger partial charge in [0, 0.05) is 39.7 Å². The highest BCUT2D eigenvalue weighted by Gasteiger charge is 2.24. The SMILES string of the molecule is CCOc1cc(CCCNC(=NC)N2CCC(COCCOC)C2)ccc1OC.I. The molecule has 0 aromatic heterocycles. The first-order valence-corrected chi connectivity index (χ1v) is 10.5. The number of nitrogens with one attached hydrogen (secondary N) is 1. The minimum Gasteiger partial charge on any atom is -0.493 e. The van der Waals surface area contributed by atoms with Crippen LogP contribution in [0.4, 0.5) is 0 Å². The quantitative estimate of drug-likeness (QED) is 0.192. The Morgan fingerprint density at radius 1 is 1.23 bits per heavy atom. The highest BCUT2D eigenvalue weighted by atomic mass is 127. The number of benzene rings is 1. The zero-order valence-electron chi connectivity index (χ0n) is 18.8. The van der Waals surface area contributed by atoms with E-state index in [4.69, 9.17) is 18.9 Å². The molecule has 0 amide bonds. The third-order valence-electron chi connectivity index (χ3n) is 5.04. The van der Waals surface area contributed by atoms with Crippen LogP contribution >= 0.6 is 24.0 Å². The second-order valence-corrected chi connectivity index (χ2v) is 7.16. The van der Waals surface area contributed by atoms with Crippen LogP contribution in [0.1, 0.15) is 25.3 Å². The average Bonchev–Trinajstić information content (AvgIpc) is 3.20. The summed E-state index contributed by atoms with van der Waals surface area (Å²) in [5, 5.41) is 3.50. The van der Waals surface area contributed by atoms with Crippen molar-refractivity contribution in [2.45, 2.75) is 26.2 Å². The van der Waals surface area contributed by atoms with Crippen LogP contribution in [0.25, 0.3) is 0 Å². The number of hydrogen-bond donors (Lipinski definition) is 1. The van der Waals surface area contributed by atoms with Crippen molar-refractivity contribution >= 4 is 29.9 Å². The molecule has 1 aromatic rings. The van der Waals surface area contributed by atoms with E-state index in [-0.39, 0.29) is 24.0 Å². The highest BCUT2D eigenvalue weighted by molar-refractivity contribution is 14.0. The third-order valence-corrected chi connectivity index (χ3v) is 5.04. The van der Waals surface area contributed by atoms with Crippen molar-refractivity contribution in [3.8, 4) is 11.5 Å². The summed E-state index contributed by atoms with van der Waals surface area (Å²) in [5.41, 5.74) is 1.25. The van der Waals surface area contributed by atoms with Crippen molar-refractivity contribution in [1.82, 2.24) is 10.2 Å². The van der Waals surface area contributed by atoms with Crippen LogP contribution in [0.2, 0.25) is 0 Å². The van der Waals surface area contributed by atoms with Crippen LogP contribution in [-0.4, -0.2) is 78.2 Å². The average molecular weight is 535 g/mol. The minimum atomic E-state index is 0. The highest BCUT2D eigenvalue weighted by Crippen LogP contribution is 2.28. The van der Waals surface area contributed by atoms with Gasteiger partial charge < -0.3 is 29.2 Å². The maximum Gasteiger partial charge on any atom is 0.193 e. The Balaban J connectivity index is 0.00000450. The summed E-state index contributed by atoms with van der Waals surface area (Å²) in [7, 11) is 5.22. The van der Waals surface area contributed by atoms with Gasteiger partial charge in [-0.3, -0.25) is 4.99 Å². The first-order chi connectivity index (χ1) is 14.2. The fourth-order valence-corrected chi connectivity index (χ4v) is 3.52. The maximum absolute atomic E-state index is 5.68. The fraction of sp³-hybridized carbons (Fsp3) is 0.682. The van der Waals surface area contributed by atoms with E-state index >= 15 is 0 Å². The fourth-order valence-electron chi connectivity index (χ4n) is 3.52. The zero-order chi connectivity index (χ0) is 20.9. The van der Waals surface area contributed by atoms with Crippen molar-refractivity contribution in [2.75, 3.05) is 67.3 Å². The minimum absolute atomic E-state index is 0. The molecule has 8 heteroatoms. The predicted octanol–water partition coefficient (Wildman–Crippen LogP) is 3.20. The number of aryl methyl sites for hydroxylation is 1. The Hall–Kier alpha value is -1.26. The molecule has 172 valence electrons. The Morgan fingerprint density at radius 2 is 2.07 bits per heavy atom. The number of nitrogens with zero attached hydrogens (tertiary/aromatic N) is 2. The summed E-state index contributed by atoms with van der Waals surface area (Å²) in [5.74, 6) is 3.13. The van der Waals surface area contributed by atoms with Gasteiger partial charge in [-0.1, -0.05) is 6.07 Å². The summed E-state index contributed by atoms with van der Waals surface area (Å²) in [6.07, 6.45) is 3.14. The molecule has 1 heterocycles. The lowest BCUT2D eigenvalue weighted by molar-refractivity contribution is 0.0536. The number of ether oxygens (including phenoxy) is 4. The van der Waals surface area contributed by atoms with E-state index in [2.05, 4.69) is 27.3 Å². The van der Waals surface area contributed by atoms with Gasteiger partial charge in [-0.25, -0.2) is 0 Å². The van der Waals surface area contributed by atoms with Gasteiger partial charge in [-0.2, -0.15) is 0 Å². The number of rotatable bonds is 12. The number of methoxy groups -OCH3 is 2. The summed E-state index contributed by atoms with van der Waals surface area (Å²) in [4.78, 5) is 6.78. The second kappa shape index (κ2) is 15.5. The van der Waals surface area contributed by atoms with E-state index in [0.717, 1.165) is 63.0 Å². The van der Waals surface area contributed by atoms with Crippen LogP contribution in [-0.2, 0) is 15.9 Å². The Morgan fingerprint density at radius 3 is 2.77 bits per heavy atom. The number of halogens is 1. The number of hydrogen-bond acceptors (Lipinski definition) is 5. The molecule has 1 unspecified atom stereocenters. The summed E-state index contributed by atoms with van der Waals surface area (Å²) in [6.45, 7) is 7.61. The lowest BCUT2D eigenvalue weighted by Crippen LogP contribution is -2.40. The molecule has 0 saturated carbocycles. The van der Waals surface area contributed by atoms with Gasteiger partial charge in [0.2, 0.25) is 0 Å². The molecule has 1 aromatic carbocycles. The number of guanidine groups is 1. The van der Waals surface area contributed by atoms with Crippen LogP contribution < -0.4 is 14.8 Å². The monoisotopic (exact) mass is 535 g/mol. The number of likely N-dealkylation sites (tertiary alicyclic amines) is 1. The molecule has 30 heavy (non-hydrogen) atoms. The van der Waals surface area contributed by atoms with Crippen molar-refractivity contribution in [2.24, 2.45) is 10.9 Å². The van der Waals surface area contributed by atoms with E-state index in [1.165, 1.54) is 5.56 Å². The molecule has 0 radical (unpaired) electrons. The van der Waals surface area contributed by atoms with Crippen molar-refractivity contribution < 1.29 is 18.9 Å². The molecule has 1 fully saturated rings. The summed E-state index contributed by atoms with van der Waals surface area (Å²) in [6, 6.07) is 6.16. The van der Waals surface area contributed by atoms with E-state index < -0.39 is 0 Å². The first-order valence-electron chi connectivity index (χ1n) is 10.5. The molecule has 7 nitrogen and oxygen atoms in total. The van der Waals surface area contributed by atoms with Gasteiger partial charge >= 0.3 is 0 Å². The zero-order valence-corrected chi connectivity index (χ0v) is 21.1. The van der Waals surface area contributed by atoms with Gasteiger partial charge in [0.15, 0.2) is 17.5 Å². The largest absolute Gasteiger partial charge is 0.493 e. The molecule has 2 rings (SSSR count). The van der Waals surface area contributed by atoms with Gasteiger partial charge in [0.05, 0.1) is 33.5 Å². The Labute approximate surface area is 198 Å². The lowest BCUT2D eigenvalue weighted by Gasteiger charge is -2.21. The molecule has 0 spiro atoms. The van der Waals surface area contributed by atoms with Gasteiger partial charge in [0.1, 0.15) is 0 Å². The summed E-state index contributed by atoms with van der Waals surface area (Å²) < 4.78 is 21.7. The predicted molar refractivity (Wildman–Crippen MR) is 132 cm³/mol. The second-order valence-electron chi connectivity index (χ2n) is 7.16. The molecular formula is C22H38IN3O4. The molecule has 1 aliphatic heterocycles. The normalized spacial score (nSPS) is 16.3. The molecule has 1 N–H and O–H groups in total. The van der Waals surface area contributed by atoms with Crippen molar-refractivity contribution in [3.05, 3.63) is 23.8 Å². The van der Waals surface area contributed by atoms with Gasteiger partial charge in [0.25, 0.3) is 0 Å². The first kappa shape index (κ1) is 26.8. The molecule has 0 aliphatic carbocycles. The molecular weight excluding hydrogens is 497 g/mol. The van der Waals surface area contributed by atoms with E-state index in [1.54, 1.807) is 14.2 Å². The number of aliphatic imine (C=N–C) groups is 1. The smallest absolute Gasteiger partial charge is 0.193 e. The van der Waals surface area contributed by atoms with Crippen LogP contribution in [0.15, 0.2) is 23.2 Å². The maximum atomic E-state index is 5.68. The molecule has 1 saturated heterocycles. The van der Waals surface area contributed by atoms with Crippen molar-refractivity contribution in [3.63, 3.8) is 0 Å². The summed E-state index contributed by atoms with van der Waals surface area (Å²) >= 11 is 0. The topological polar surface area (TPSA) is 64.6 Å². The van der Waals surface area contributed by atoms with Gasteiger partial charge in [-0.15, -0.1) is 24.0 Å². The molecule has 0 bridgehead atoms.